The number of ether oxygens (including phenoxy) is 1. The minimum atomic E-state index is -0.455. The summed E-state index contributed by atoms with van der Waals surface area (Å²) < 4.78 is 5.13. The maximum Gasteiger partial charge on any atom is 0.321 e. The Kier molecular flexibility index (Phi) is 7.39. The van der Waals surface area contributed by atoms with Crippen molar-refractivity contribution < 1.29 is 14.3 Å². The van der Waals surface area contributed by atoms with E-state index in [0.717, 1.165) is 12.2 Å². The number of benzene rings is 1. The normalized spacial score (nSPS) is 11.9. The first-order chi connectivity index (χ1) is 10.5. The van der Waals surface area contributed by atoms with Gasteiger partial charge in [-0.2, -0.15) is 0 Å². The number of likely N-dealkylation sites (N-methyl/N-ethyl adjacent to an activating group) is 1. The van der Waals surface area contributed by atoms with Crippen LogP contribution in [0.3, 0.4) is 0 Å². The number of urea groups is 1. The monoisotopic (exact) mass is 307 g/mol. The molecule has 1 unspecified atom stereocenters. The molecular formula is C16H25N3O3. The van der Waals surface area contributed by atoms with Gasteiger partial charge in [0.05, 0.1) is 13.7 Å². The number of amides is 3. The van der Waals surface area contributed by atoms with Gasteiger partial charge in [-0.15, -0.1) is 0 Å². The van der Waals surface area contributed by atoms with E-state index < -0.39 is 6.03 Å². The van der Waals surface area contributed by atoms with Gasteiger partial charge in [0.1, 0.15) is 5.75 Å². The molecule has 0 aromatic heterocycles. The lowest BCUT2D eigenvalue weighted by atomic mass is 10.1. The molecule has 6 heteroatoms. The fourth-order valence-corrected chi connectivity index (χ4v) is 2.01. The Labute approximate surface area is 131 Å². The molecule has 0 fully saturated rings. The molecule has 22 heavy (non-hydrogen) atoms. The predicted molar refractivity (Wildman–Crippen MR) is 86.0 cm³/mol. The van der Waals surface area contributed by atoms with E-state index in [2.05, 4.69) is 10.6 Å². The smallest absolute Gasteiger partial charge is 0.321 e. The first-order valence-corrected chi connectivity index (χ1v) is 7.37. The highest BCUT2D eigenvalue weighted by molar-refractivity contribution is 5.95. The van der Waals surface area contributed by atoms with Crippen LogP contribution in [-0.2, 0) is 11.2 Å². The second-order valence-electron chi connectivity index (χ2n) is 5.22. The summed E-state index contributed by atoms with van der Waals surface area (Å²) in [4.78, 5) is 24.9. The molecular weight excluding hydrogens is 282 g/mol. The van der Waals surface area contributed by atoms with Crippen LogP contribution in [0.25, 0.3) is 0 Å². The van der Waals surface area contributed by atoms with Crippen molar-refractivity contribution in [3.63, 3.8) is 0 Å². The zero-order valence-corrected chi connectivity index (χ0v) is 13.7. The number of imide groups is 1. The minimum Gasteiger partial charge on any atom is -0.497 e. The van der Waals surface area contributed by atoms with Gasteiger partial charge in [0.2, 0.25) is 5.91 Å². The van der Waals surface area contributed by atoms with Crippen LogP contribution < -0.4 is 15.4 Å². The largest absolute Gasteiger partial charge is 0.497 e. The van der Waals surface area contributed by atoms with Crippen molar-refractivity contribution in [3.8, 4) is 5.75 Å². The highest BCUT2D eigenvalue weighted by Gasteiger charge is 2.15. The summed E-state index contributed by atoms with van der Waals surface area (Å²) in [6.45, 7) is 4.51. The fourth-order valence-electron chi connectivity index (χ4n) is 2.01. The van der Waals surface area contributed by atoms with Gasteiger partial charge in [-0.1, -0.05) is 12.1 Å². The summed E-state index contributed by atoms with van der Waals surface area (Å²) in [7, 11) is 3.50. The first-order valence-electron chi connectivity index (χ1n) is 7.37. The third kappa shape index (κ3) is 6.13. The average Bonchev–Trinajstić information content (AvgIpc) is 2.47. The Morgan fingerprint density at radius 2 is 1.91 bits per heavy atom. The lowest BCUT2D eigenvalue weighted by Crippen LogP contribution is -2.45. The zero-order chi connectivity index (χ0) is 16.5. The van der Waals surface area contributed by atoms with E-state index in [1.807, 2.05) is 43.1 Å². The molecule has 0 saturated heterocycles. The quantitative estimate of drug-likeness (QED) is 0.799. The third-order valence-electron chi connectivity index (χ3n) is 3.43. The molecule has 6 nitrogen and oxygen atoms in total. The Hall–Kier alpha value is -2.08. The number of nitrogens with one attached hydrogen (secondary N) is 2. The van der Waals surface area contributed by atoms with E-state index in [1.54, 1.807) is 14.0 Å². The summed E-state index contributed by atoms with van der Waals surface area (Å²) in [6.07, 6.45) is 0.814. The van der Waals surface area contributed by atoms with Crippen LogP contribution >= 0.6 is 0 Å². The van der Waals surface area contributed by atoms with Crippen molar-refractivity contribution in [2.45, 2.75) is 26.3 Å². The molecule has 0 aliphatic carbocycles. The van der Waals surface area contributed by atoms with Gasteiger partial charge in [-0.25, -0.2) is 4.79 Å². The van der Waals surface area contributed by atoms with E-state index in [-0.39, 0.29) is 18.5 Å². The number of nitrogens with zero attached hydrogens (tertiary/aromatic N) is 1. The third-order valence-corrected chi connectivity index (χ3v) is 3.43. The van der Waals surface area contributed by atoms with Crippen LogP contribution in [-0.4, -0.2) is 50.1 Å². The van der Waals surface area contributed by atoms with E-state index in [4.69, 9.17) is 4.74 Å². The maximum absolute atomic E-state index is 11.7. The zero-order valence-electron chi connectivity index (χ0n) is 13.7. The van der Waals surface area contributed by atoms with Gasteiger partial charge >= 0.3 is 6.03 Å². The molecule has 0 bridgehead atoms. The molecule has 0 radical (unpaired) electrons. The number of methoxy groups -OCH3 is 1. The van der Waals surface area contributed by atoms with Crippen LogP contribution in [0.2, 0.25) is 0 Å². The van der Waals surface area contributed by atoms with E-state index in [0.29, 0.717) is 6.54 Å². The maximum atomic E-state index is 11.7. The standard InChI is InChI=1S/C16H25N3O3/c1-5-17-16(21)18-15(20)11-19(3)12(2)10-13-6-8-14(22-4)9-7-13/h6-9,12H,5,10-11H2,1-4H3,(H2,17,18,20,21). The Morgan fingerprint density at radius 1 is 1.27 bits per heavy atom. The SMILES string of the molecule is CCNC(=O)NC(=O)CN(C)C(C)Cc1ccc(OC)cc1. The van der Waals surface area contributed by atoms with Crippen molar-refractivity contribution in [1.29, 1.82) is 0 Å². The molecule has 1 aromatic carbocycles. The molecule has 0 aliphatic heterocycles. The predicted octanol–water partition coefficient (Wildman–Crippen LogP) is 1.40. The number of carbonyl (C=O) groups is 2. The molecule has 1 aromatic rings. The number of hydrogen-bond donors (Lipinski definition) is 2. The van der Waals surface area contributed by atoms with Crippen LogP contribution in [0.4, 0.5) is 4.79 Å². The summed E-state index contributed by atoms with van der Waals surface area (Å²) in [5.74, 6) is 0.515. The molecule has 3 amide bonds. The van der Waals surface area contributed by atoms with Crippen molar-refractivity contribution in [2.75, 3.05) is 27.2 Å². The summed E-state index contributed by atoms with van der Waals surface area (Å²) in [6, 6.07) is 7.58. The summed E-state index contributed by atoms with van der Waals surface area (Å²) in [5.41, 5.74) is 1.17. The average molecular weight is 307 g/mol. The van der Waals surface area contributed by atoms with Crippen LogP contribution in [0.1, 0.15) is 19.4 Å². The van der Waals surface area contributed by atoms with Gasteiger partial charge in [0.15, 0.2) is 0 Å². The molecule has 0 spiro atoms. The number of rotatable bonds is 7. The van der Waals surface area contributed by atoms with E-state index >= 15 is 0 Å². The first kappa shape index (κ1) is 18.0. The second-order valence-corrected chi connectivity index (χ2v) is 5.22. The van der Waals surface area contributed by atoms with E-state index in [1.165, 1.54) is 5.56 Å². The van der Waals surface area contributed by atoms with E-state index in [9.17, 15) is 9.59 Å². The molecule has 0 saturated carbocycles. The lowest BCUT2D eigenvalue weighted by Gasteiger charge is -2.24. The second kappa shape index (κ2) is 9.04. The Bertz CT molecular complexity index is 488. The minimum absolute atomic E-state index is 0.174. The van der Waals surface area contributed by atoms with Crippen LogP contribution in [0, 0.1) is 0 Å². The van der Waals surface area contributed by atoms with Gasteiger partial charge in [0, 0.05) is 12.6 Å². The molecule has 1 rings (SSSR count). The van der Waals surface area contributed by atoms with Gasteiger partial charge in [-0.3, -0.25) is 15.0 Å². The van der Waals surface area contributed by atoms with Crippen molar-refractivity contribution in [2.24, 2.45) is 0 Å². The topological polar surface area (TPSA) is 70.7 Å². The molecule has 1 atom stereocenters. The highest BCUT2D eigenvalue weighted by Crippen LogP contribution is 2.13. The van der Waals surface area contributed by atoms with Crippen LogP contribution in [0.15, 0.2) is 24.3 Å². The van der Waals surface area contributed by atoms with Gasteiger partial charge < -0.3 is 10.1 Å². The lowest BCUT2D eigenvalue weighted by molar-refractivity contribution is -0.121. The van der Waals surface area contributed by atoms with Crippen LogP contribution in [0.5, 0.6) is 5.75 Å². The van der Waals surface area contributed by atoms with Crippen molar-refractivity contribution in [1.82, 2.24) is 15.5 Å². The summed E-state index contributed by atoms with van der Waals surface area (Å²) >= 11 is 0. The molecule has 0 aliphatic rings. The van der Waals surface area contributed by atoms with Crippen molar-refractivity contribution >= 4 is 11.9 Å². The fraction of sp³-hybridized carbons (Fsp3) is 0.500. The summed E-state index contributed by atoms with van der Waals surface area (Å²) in [5, 5.41) is 4.83. The molecule has 0 heterocycles. The Balaban J connectivity index is 2.45. The highest BCUT2D eigenvalue weighted by atomic mass is 16.5. The molecule has 122 valence electrons. The van der Waals surface area contributed by atoms with Gasteiger partial charge in [-0.05, 0) is 45.0 Å². The van der Waals surface area contributed by atoms with Crippen molar-refractivity contribution in [3.05, 3.63) is 29.8 Å². The van der Waals surface area contributed by atoms with Gasteiger partial charge in [0.25, 0.3) is 0 Å². The molecule has 2 N–H and O–H groups in total. The number of carbonyl (C=O) groups excluding carboxylic acids is 2. The number of hydrogen-bond acceptors (Lipinski definition) is 4. The Morgan fingerprint density at radius 3 is 2.45 bits per heavy atom.